The van der Waals surface area contributed by atoms with Gasteiger partial charge in [-0.3, -0.25) is 9.78 Å². The second kappa shape index (κ2) is 6.69. The molecular formula is C14H18N6OS. The van der Waals surface area contributed by atoms with Crippen LogP contribution in [0.4, 0.5) is 10.9 Å². The van der Waals surface area contributed by atoms with Gasteiger partial charge in [-0.15, -0.1) is 21.5 Å². The molecule has 0 spiro atoms. The maximum absolute atomic E-state index is 11.4. The molecule has 1 fully saturated rings. The van der Waals surface area contributed by atoms with E-state index in [1.54, 1.807) is 24.5 Å². The van der Waals surface area contributed by atoms with Crippen LogP contribution in [0.3, 0.4) is 0 Å². The van der Waals surface area contributed by atoms with Crippen LogP contribution in [0.15, 0.2) is 22.0 Å². The fourth-order valence-electron chi connectivity index (χ4n) is 2.30. The first-order valence-electron chi connectivity index (χ1n) is 7.30. The predicted octanol–water partition coefficient (Wildman–Crippen LogP) is 1.97. The summed E-state index contributed by atoms with van der Waals surface area (Å²) in [5.41, 5.74) is 2.75. The van der Waals surface area contributed by atoms with Crippen LogP contribution < -0.4 is 15.9 Å². The van der Waals surface area contributed by atoms with Crippen molar-refractivity contribution in [1.82, 2.24) is 15.2 Å². The molecule has 7 nitrogen and oxygen atoms in total. The van der Waals surface area contributed by atoms with E-state index in [9.17, 15) is 4.79 Å². The average molecular weight is 318 g/mol. The predicted molar refractivity (Wildman–Crippen MR) is 89.0 cm³/mol. The van der Waals surface area contributed by atoms with Crippen LogP contribution in [0.2, 0.25) is 0 Å². The summed E-state index contributed by atoms with van der Waals surface area (Å²) in [6.07, 6.45) is 5.58. The second-order valence-electron chi connectivity index (χ2n) is 5.18. The molecule has 1 saturated heterocycles. The van der Waals surface area contributed by atoms with Crippen LogP contribution in [0, 0.1) is 6.92 Å². The van der Waals surface area contributed by atoms with Crippen LogP contribution >= 0.6 is 11.3 Å². The number of nitrogens with zero attached hydrogens (tertiary/aromatic N) is 4. The fraction of sp³-hybridized carbons (Fsp3) is 0.429. The number of hydrogen-bond donors (Lipinski definition) is 2. The Morgan fingerprint density at radius 2 is 2.14 bits per heavy atom. The van der Waals surface area contributed by atoms with Gasteiger partial charge in [-0.25, -0.2) is 5.43 Å². The highest BCUT2D eigenvalue weighted by atomic mass is 32.1. The Labute approximate surface area is 132 Å². The Morgan fingerprint density at radius 3 is 2.91 bits per heavy atom. The van der Waals surface area contributed by atoms with E-state index in [-0.39, 0.29) is 11.5 Å². The minimum Gasteiger partial charge on any atom is -0.363 e. The van der Waals surface area contributed by atoms with Crippen molar-refractivity contribution < 1.29 is 0 Å². The molecule has 0 bridgehead atoms. The third-order valence-electron chi connectivity index (χ3n) is 3.50. The van der Waals surface area contributed by atoms with Crippen molar-refractivity contribution in [1.29, 1.82) is 0 Å². The second-order valence-corrected chi connectivity index (χ2v) is 6.28. The van der Waals surface area contributed by atoms with E-state index >= 15 is 0 Å². The summed E-state index contributed by atoms with van der Waals surface area (Å²) in [6.45, 7) is 3.87. The monoisotopic (exact) mass is 318 g/mol. The van der Waals surface area contributed by atoms with Crippen LogP contribution in [0.1, 0.15) is 29.8 Å². The number of anilines is 2. The average Bonchev–Trinajstić information content (AvgIpc) is 3.01. The number of H-pyrrole nitrogens is 1. The van der Waals surface area contributed by atoms with Gasteiger partial charge < -0.3 is 4.90 Å². The molecule has 3 rings (SSSR count). The van der Waals surface area contributed by atoms with Crippen molar-refractivity contribution in [3.8, 4) is 0 Å². The van der Waals surface area contributed by atoms with Crippen LogP contribution in [-0.2, 0) is 0 Å². The highest BCUT2D eigenvalue weighted by molar-refractivity contribution is 7.17. The zero-order valence-electron chi connectivity index (χ0n) is 12.4. The molecule has 0 aliphatic carbocycles. The maximum Gasteiger partial charge on any atom is 0.274 e. The van der Waals surface area contributed by atoms with E-state index in [0.29, 0.717) is 5.69 Å². The first kappa shape index (κ1) is 14.7. The largest absolute Gasteiger partial charge is 0.363 e. The smallest absolute Gasteiger partial charge is 0.274 e. The number of hydrogen-bond acceptors (Lipinski definition) is 7. The molecule has 2 N–H and O–H groups in total. The quantitative estimate of drug-likeness (QED) is 0.665. The Bertz CT molecular complexity index is 716. The molecule has 0 amide bonds. The molecule has 0 saturated carbocycles. The molecule has 0 radical (unpaired) electrons. The number of aromatic nitrogens is 3. The van der Waals surface area contributed by atoms with Gasteiger partial charge in [-0.2, -0.15) is 5.10 Å². The Hall–Kier alpha value is -2.22. The van der Waals surface area contributed by atoms with E-state index in [2.05, 4.69) is 36.7 Å². The van der Waals surface area contributed by atoms with Crippen molar-refractivity contribution in [3.63, 3.8) is 0 Å². The summed E-state index contributed by atoms with van der Waals surface area (Å²) >= 11 is 1.71. The summed E-state index contributed by atoms with van der Waals surface area (Å²) < 4.78 is 0. The van der Waals surface area contributed by atoms with Gasteiger partial charge in [-0.1, -0.05) is 0 Å². The minimum atomic E-state index is -0.267. The molecule has 3 heterocycles. The van der Waals surface area contributed by atoms with Gasteiger partial charge >= 0.3 is 0 Å². The molecule has 1 aliphatic heterocycles. The topological polar surface area (TPSA) is 86.3 Å². The highest BCUT2D eigenvalue weighted by Crippen LogP contribution is 2.27. The third-order valence-corrected chi connectivity index (χ3v) is 4.58. The van der Waals surface area contributed by atoms with Gasteiger partial charge in [0.25, 0.3) is 5.56 Å². The first-order chi connectivity index (χ1) is 10.7. The van der Waals surface area contributed by atoms with E-state index in [0.717, 1.165) is 18.0 Å². The Balaban J connectivity index is 1.61. The summed E-state index contributed by atoms with van der Waals surface area (Å²) in [5.74, 6) is 0.236. The van der Waals surface area contributed by atoms with Crippen LogP contribution in [0.25, 0.3) is 0 Å². The van der Waals surface area contributed by atoms with Crippen molar-refractivity contribution in [2.75, 3.05) is 23.4 Å². The number of nitrogens with one attached hydrogen (secondary N) is 2. The highest BCUT2D eigenvalue weighted by Gasteiger charge is 2.12. The van der Waals surface area contributed by atoms with Crippen molar-refractivity contribution in [3.05, 3.63) is 33.1 Å². The molecule has 0 atom stereocenters. The molecule has 2 aromatic heterocycles. The zero-order chi connectivity index (χ0) is 15.4. The molecular weight excluding hydrogens is 300 g/mol. The number of aromatic amines is 1. The zero-order valence-corrected chi connectivity index (χ0v) is 13.2. The van der Waals surface area contributed by atoms with Crippen molar-refractivity contribution in [2.45, 2.75) is 26.2 Å². The number of aryl methyl sites for hydroxylation is 1. The van der Waals surface area contributed by atoms with E-state index in [1.807, 2.05) is 6.07 Å². The van der Waals surface area contributed by atoms with Crippen LogP contribution in [0.5, 0.6) is 0 Å². The van der Waals surface area contributed by atoms with Crippen LogP contribution in [-0.4, -0.2) is 34.5 Å². The van der Waals surface area contributed by atoms with Gasteiger partial charge in [0.2, 0.25) is 5.95 Å². The first-order valence-corrected chi connectivity index (χ1v) is 8.11. The van der Waals surface area contributed by atoms with Crippen molar-refractivity contribution >= 4 is 28.5 Å². The molecule has 0 unspecified atom stereocenters. The number of thiophene rings is 1. The lowest BCUT2D eigenvalue weighted by Gasteiger charge is -2.27. The van der Waals surface area contributed by atoms with Crippen molar-refractivity contribution in [2.24, 2.45) is 5.10 Å². The van der Waals surface area contributed by atoms with E-state index < -0.39 is 0 Å². The molecule has 8 heteroatoms. The van der Waals surface area contributed by atoms with Gasteiger partial charge in [-0.05, 0) is 38.3 Å². The third kappa shape index (κ3) is 3.51. The minimum absolute atomic E-state index is 0.236. The normalized spacial score (nSPS) is 15.4. The van der Waals surface area contributed by atoms with Gasteiger partial charge in [0.1, 0.15) is 5.69 Å². The number of piperidine rings is 1. The van der Waals surface area contributed by atoms with Gasteiger partial charge in [0.15, 0.2) is 0 Å². The summed E-state index contributed by atoms with van der Waals surface area (Å²) in [7, 11) is 0. The fourth-order valence-corrected chi connectivity index (χ4v) is 3.23. The summed E-state index contributed by atoms with van der Waals surface area (Å²) in [4.78, 5) is 17.4. The number of rotatable bonds is 4. The molecule has 2 aromatic rings. The van der Waals surface area contributed by atoms with Gasteiger partial charge in [0.05, 0.1) is 11.2 Å². The lowest BCUT2D eigenvalue weighted by Crippen LogP contribution is -2.28. The summed E-state index contributed by atoms with van der Waals surface area (Å²) in [5, 5.41) is 12.9. The number of hydrazone groups is 1. The van der Waals surface area contributed by atoms with E-state index in [4.69, 9.17) is 0 Å². The molecule has 22 heavy (non-hydrogen) atoms. The Kier molecular flexibility index (Phi) is 4.47. The van der Waals surface area contributed by atoms with Gasteiger partial charge in [0, 0.05) is 18.0 Å². The molecule has 116 valence electrons. The summed E-state index contributed by atoms with van der Waals surface area (Å²) in [6, 6.07) is 4.17. The lowest BCUT2D eigenvalue weighted by atomic mass is 10.1. The lowest BCUT2D eigenvalue weighted by molar-refractivity contribution is 0.580. The Morgan fingerprint density at radius 1 is 1.32 bits per heavy atom. The molecule has 0 aromatic carbocycles. The van der Waals surface area contributed by atoms with E-state index in [1.165, 1.54) is 24.3 Å². The SMILES string of the molecule is Cc1nnc(N/N=C\c2ccc(N3CCCCC3)s2)[nH]c1=O. The standard InChI is InChI=1S/C14H18N6OS/c1-10-13(21)16-14(19-17-10)18-15-9-11-5-6-12(22-11)20-7-3-2-4-8-20/h5-6,9H,2-4,7-8H2,1H3,(H2,16,18,19,21)/b15-9-. The maximum atomic E-state index is 11.4. The molecule has 1 aliphatic rings.